The van der Waals surface area contributed by atoms with E-state index in [1.807, 2.05) is 19.2 Å². The van der Waals surface area contributed by atoms with Gasteiger partial charge in [-0.3, -0.25) is 14.9 Å². The van der Waals surface area contributed by atoms with Gasteiger partial charge in [-0.15, -0.1) is 0 Å². The summed E-state index contributed by atoms with van der Waals surface area (Å²) in [6, 6.07) is 9.55. The van der Waals surface area contributed by atoms with E-state index in [-0.39, 0.29) is 27.8 Å². The van der Waals surface area contributed by atoms with E-state index < -0.39 is 17.6 Å². The van der Waals surface area contributed by atoms with Gasteiger partial charge in [-0.25, -0.2) is 9.29 Å². The number of para-hydroxylation sites is 1. The Hall–Kier alpha value is -2.77. The van der Waals surface area contributed by atoms with Crippen LogP contribution in [0.15, 0.2) is 42.0 Å². The summed E-state index contributed by atoms with van der Waals surface area (Å²) in [4.78, 5) is 29.0. The molecule has 2 aliphatic rings. The van der Waals surface area contributed by atoms with E-state index in [2.05, 4.69) is 31.0 Å². The summed E-state index contributed by atoms with van der Waals surface area (Å²) in [5.41, 5.74) is 2.45. The molecule has 0 aromatic heterocycles. The van der Waals surface area contributed by atoms with Crippen LogP contribution in [0.3, 0.4) is 0 Å². The Morgan fingerprint density at radius 2 is 1.91 bits per heavy atom. The fourth-order valence-electron chi connectivity index (χ4n) is 4.38. The second-order valence-corrected chi connectivity index (χ2v) is 9.61. The number of carbonyl (C=O) groups is 2. The van der Waals surface area contributed by atoms with Crippen molar-refractivity contribution in [1.29, 1.82) is 0 Å². The van der Waals surface area contributed by atoms with Gasteiger partial charge in [0, 0.05) is 23.3 Å². The Balaban J connectivity index is 1.79. The number of nitrogens with one attached hydrogen (secondary N) is 1. The minimum absolute atomic E-state index is 0.0229. The molecular formula is C24H23ClFN3O2S. The zero-order chi connectivity index (χ0) is 23.4. The van der Waals surface area contributed by atoms with Gasteiger partial charge in [0.25, 0.3) is 11.8 Å². The number of halogens is 2. The van der Waals surface area contributed by atoms with E-state index in [0.29, 0.717) is 10.6 Å². The van der Waals surface area contributed by atoms with Crippen LogP contribution in [0.1, 0.15) is 44.2 Å². The molecule has 1 fully saturated rings. The van der Waals surface area contributed by atoms with Gasteiger partial charge in [0.05, 0.1) is 5.69 Å². The second-order valence-electron chi connectivity index (χ2n) is 8.82. The number of thiocarbonyl (C=S) groups is 1. The molecule has 2 aliphatic heterocycles. The number of anilines is 2. The lowest BCUT2D eigenvalue weighted by Gasteiger charge is -2.45. The highest BCUT2D eigenvalue weighted by Gasteiger charge is 2.37. The Morgan fingerprint density at radius 1 is 1.22 bits per heavy atom. The Labute approximate surface area is 196 Å². The molecular weight excluding hydrogens is 449 g/mol. The van der Waals surface area contributed by atoms with Crippen LogP contribution in [0, 0.1) is 5.82 Å². The first-order chi connectivity index (χ1) is 15.0. The molecule has 1 unspecified atom stereocenters. The molecule has 4 rings (SSSR count). The van der Waals surface area contributed by atoms with Crippen molar-refractivity contribution in [2.75, 3.05) is 16.8 Å². The van der Waals surface area contributed by atoms with E-state index in [4.69, 9.17) is 23.8 Å². The molecule has 1 atom stereocenters. The van der Waals surface area contributed by atoms with Crippen LogP contribution in [-0.2, 0) is 9.59 Å². The maximum Gasteiger partial charge on any atom is 0.270 e. The molecule has 0 radical (unpaired) electrons. The molecule has 166 valence electrons. The van der Waals surface area contributed by atoms with Gasteiger partial charge in [-0.1, -0.05) is 30.7 Å². The minimum Gasteiger partial charge on any atom is -0.369 e. The number of hydrogen-bond donors (Lipinski definition) is 1. The third kappa shape index (κ3) is 3.69. The first-order valence-corrected chi connectivity index (χ1v) is 11.0. The van der Waals surface area contributed by atoms with Gasteiger partial charge in [0.15, 0.2) is 5.11 Å². The second kappa shape index (κ2) is 7.98. The molecule has 2 aromatic rings. The molecule has 0 aliphatic carbocycles. The van der Waals surface area contributed by atoms with Crippen molar-refractivity contribution in [1.82, 2.24) is 5.32 Å². The highest BCUT2D eigenvalue weighted by Crippen LogP contribution is 2.44. The van der Waals surface area contributed by atoms with Crippen molar-refractivity contribution >= 4 is 58.2 Å². The zero-order valence-electron chi connectivity index (χ0n) is 18.2. The molecule has 32 heavy (non-hydrogen) atoms. The van der Waals surface area contributed by atoms with Crippen LogP contribution in [0.25, 0.3) is 6.08 Å². The van der Waals surface area contributed by atoms with Gasteiger partial charge >= 0.3 is 0 Å². The summed E-state index contributed by atoms with van der Waals surface area (Å²) in [6.07, 6.45) is 2.39. The maximum atomic E-state index is 14.4. The minimum atomic E-state index is -0.705. The summed E-state index contributed by atoms with van der Waals surface area (Å²) >= 11 is 11.7. The van der Waals surface area contributed by atoms with Crippen LogP contribution in [-0.4, -0.2) is 29.5 Å². The Morgan fingerprint density at radius 3 is 2.59 bits per heavy atom. The molecule has 1 saturated heterocycles. The van der Waals surface area contributed by atoms with Crippen molar-refractivity contribution in [3.05, 3.63) is 63.9 Å². The summed E-state index contributed by atoms with van der Waals surface area (Å²) in [5, 5.41) is 2.72. The lowest BCUT2D eigenvalue weighted by atomic mass is 9.80. The smallest absolute Gasteiger partial charge is 0.270 e. The van der Waals surface area contributed by atoms with Crippen LogP contribution < -0.4 is 15.1 Å². The van der Waals surface area contributed by atoms with Crippen LogP contribution in [0.5, 0.6) is 0 Å². The number of rotatable bonds is 2. The Bertz CT molecular complexity index is 1190. The number of benzene rings is 2. The number of fused-ring (bicyclic) bond motifs is 1. The molecule has 0 saturated carbocycles. The monoisotopic (exact) mass is 471 g/mol. The van der Waals surface area contributed by atoms with Gasteiger partial charge in [0.1, 0.15) is 11.4 Å². The number of carbonyl (C=O) groups excluding carboxylic acids is 2. The summed E-state index contributed by atoms with van der Waals surface area (Å²) in [5.74, 6) is -1.70. The fraction of sp³-hybridized carbons (Fsp3) is 0.292. The van der Waals surface area contributed by atoms with Gasteiger partial charge in [-0.2, -0.15) is 0 Å². The molecule has 8 heteroatoms. The summed E-state index contributed by atoms with van der Waals surface area (Å²) < 4.78 is 14.4. The van der Waals surface area contributed by atoms with Crippen molar-refractivity contribution in [3.8, 4) is 0 Å². The average Bonchev–Trinajstić information content (AvgIpc) is 2.71. The van der Waals surface area contributed by atoms with Crippen LogP contribution in [0.4, 0.5) is 15.8 Å². The molecule has 1 N–H and O–H groups in total. The average molecular weight is 472 g/mol. The zero-order valence-corrected chi connectivity index (χ0v) is 19.8. The lowest BCUT2D eigenvalue weighted by Crippen LogP contribution is -2.54. The largest absolute Gasteiger partial charge is 0.369 e. The fourth-order valence-corrected chi connectivity index (χ4v) is 4.87. The van der Waals surface area contributed by atoms with E-state index in [1.165, 1.54) is 24.3 Å². The number of hydrogen-bond acceptors (Lipinski definition) is 4. The summed E-state index contributed by atoms with van der Waals surface area (Å²) in [6.45, 7) is 6.51. The summed E-state index contributed by atoms with van der Waals surface area (Å²) in [7, 11) is 2.03. The van der Waals surface area contributed by atoms with E-state index in [9.17, 15) is 14.0 Å². The van der Waals surface area contributed by atoms with E-state index >= 15 is 0 Å². The van der Waals surface area contributed by atoms with Crippen molar-refractivity contribution < 1.29 is 14.0 Å². The quantitative estimate of drug-likeness (QED) is 0.379. The third-order valence-electron chi connectivity index (χ3n) is 6.25. The first-order valence-electron chi connectivity index (χ1n) is 10.2. The predicted molar refractivity (Wildman–Crippen MR) is 130 cm³/mol. The molecule has 5 nitrogen and oxygen atoms in total. The number of nitrogens with zero attached hydrogens (tertiary/aromatic N) is 2. The molecule has 0 bridgehead atoms. The van der Waals surface area contributed by atoms with Crippen molar-refractivity contribution in [3.63, 3.8) is 0 Å². The maximum absolute atomic E-state index is 14.4. The SMILES string of the molecule is CC1CC(C)(C)N(C)c2cc(Cl)c(/C=C3/C(=O)NC(=S)N(c4ccccc4F)C3=O)cc21. The normalized spacial score (nSPS) is 21.6. The van der Waals surface area contributed by atoms with Crippen molar-refractivity contribution in [2.45, 2.75) is 38.6 Å². The van der Waals surface area contributed by atoms with E-state index in [1.54, 1.807) is 6.07 Å². The van der Waals surface area contributed by atoms with Crippen LogP contribution >= 0.6 is 23.8 Å². The Kier molecular flexibility index (Phi) is 5.59. The molecule has 2 amide bonds. The van der Waals surface area contributed by atoms with Gasteiger partial charge in [0.2, 0.25) is 0 Å². The van der Waals surface area contributed by atoms with Crippen LogP contribution in [0.2, 0.25) is 5.02 Å². The topological polar surface area (TPSA) is 52.7 Å². The standard InChI is InChI=1S/C24H23ClFN3O2S/c1-13-12-24(2,3)28(4)20-11-17(25)14(9-15(13)20)10-16-21(30)27-23(32)29(22(16)31)19-8-6-5-7-18(19)26/h5-11,13H,12H2,1-4H3,(H,27,30,32)/b16-10-. The third-order valence-corrected chi connectivity index (χ3v) is 6.86. The predicted octanol–water partition coefficient (Wildman–Crippen LogP) is 5.03. The lowest BCUT2D eigenvalue weighted by molar-refractivity contribution is -0.122. The first kappa shape index (κ1) is 22.4. The number of amides is 2. The molecule has 2 heterocycles. The van der Waals surface area contributed by atoms with E-state index in [0.717, 1.165) is 22.6 Å². The van der Waals surface area contributed by atoms with Crippen molar-refractivity contribution in [2.24, 2.45) is 0 Å². The highest BCUT2D eigenvalue weighted by atomic mass is 35.5. The van der Waals surface area contributed by atoms with Gasteiger partial charge < -0.3 is 4.90 Å². The molecule has 2 aromatic carbocycles. The molecule has 0 spiro atoms. The van der Waals surface area contributed by atoms with Gasteiger partial charge in [-0.05, 0) is 79.9 Å². The highest BCUT2D eigenvalue weighted by molar-refractivity contribution is 7.80.